The molecule has 0 N–H and O–H groups in total. The topological polar surface area (TPSA) is 0 Å². The maximum absolute atomic E-state index is 5.68. The molecule has 0 aliphatic heterocycles. The highest BCUT2D eigenvalue weighted by Gasteiger charge is 2.40. The van der Waals surface area contributed by atoms with Gasteiger partial charge < -0.3 is 0 Å². The molecule has 0 amide bonds. The SMILES string of the molecule is C#Cc1ccc2c(c1)C(CC)(CC)c1cc(C#Cc3ccc(C)cc3)ccc1-2. The van der Waals surface area contributed by atoms with Gasteiger partial charge in [0.1, 0.15) is 0 Å². The largest absolute Gasteiger partial charge is 0.115 e. The van der Waals surface area contributed by atoms with Crippen molar-refractivity contribution >= 4 is 0 Å². The second-order valence-corrected chi connectivity index (χ2v) is 7.57. The molecule has 1 aliphatic rings. The van der Waals surface area contributed by atoms with Crippen LogP contribution in [0.5, 0.6) is 0 Å². The van der Waals surface area contributed by atoms with Gasteiger partial charge in [-0.15, -0.1) is 6.42 Å². The number of fused-ring (bicyclic) bond motifs is 3. The monoisotopic (exact) mass is 360 g/mol. The van der Waals surface area contributed by atoms with E-state index in [0.717, 1.165) is 29.5 Å². The molecule has 28 heavy (non-hydrogen) atoms. The first-order chi connectivity index (χ1) is 13.6. The van der Waals surface area contributed by atoms with Crippen LogP contribution >= 0.6 is 0 Å². The highest BCUT2D eigenvalue weighted by Crippen LogP contribution is 2.52. The van der Waals surface area contributed by atoms with E-state index in [1.54, 1.807) is 0 Å². The van der Waals surface area contributed by atoms with Crippen LogP contribution in [0, 0.1) is 31.1 Å². The summed E-state index contributed by atoms with van der Waals surface area (Å²) in [6.07, 6.45) is 7.78. The number of benzene rings is 3. The van der Waals surface area contributed by atoms with Crippen molar-refractivity contribution in [1.82, 2.24) is 0 Å². The fourth-order valence-electron chi connectivity index (χ4n) is 4.46. The summed E-state index contributed by atoms with van der Waals surface area (Å²) in [5.41, 5.74) is 9.72. The molecule has 0 aromatic heterocycles. The molecule has 0 nitrogen and oxygen atoms in total. The molecule has 0 bridgehead atoms. The molecular formula is C28H24. The van der Waals surface area contributed by atoms with Crippen molar-refractivity contribution in [3.8, 4) is 35.3 Å². The fourth-order valence-corrected chi connectivity index (χ4v) is 4.46. The van der Waals surface area contributed by atoms with Gasteiger partial charge in [0.15, 0.2) is 0 Å². The summed E-state index contributed by atoms with van der Waals surface area (Å²) >= 11 is 0. The first-order valence-electron chi connectivity index (χ1n) is 9.96. The molecule has 0 fully saturated rings. The second kappa shape index (κ2) is 7.07. The van der Waals surface area contributed by atoms with E-state index < -0.39 is 0 Å². The quantitative estimate of drug-likeness (QED) is 0.460. The highest BCUT2D eigenvalue weighted by molar-refractivity contribution is 5.82. The lowest BCUT2D eigenvalue weighted by Crippen LogP contribution is -2.23. The van der Waals surface area contributed by atoms with Gasteiger partial charge in [0.05, 0.1) is 0 Å². The second-order valence-electron chi connectivity index (χ2n) is 7.57. The van der Waals surface area contributed by atoms with Crippen LogP contribution in [-0.2, 0) is 5.41 Å². The van der Waals surface area contributed by atoms with E-state index in [1.165, 1.54) is 27.8 Å². The lowest BCUT2D eigenvalue weighted by Gasteiger charge is -2.29. The Morgan fingerprint density at radius 2 is 1.21 bits per heavy atom. The van der Waals surface area contributed by atoms with Crippen LogP contribution in [0.1, 0.15) is 60.1 Å². The number of aryl methyl sites for hydroxylation is 1. The van der Waals surface area contributed by atoms with Crippen molar-refractivity contribution in [2.24, 2.45) is 0 Å². The predicted octanol–water partition coefficient (Wildman–Crippen LogP) is 6.46. The molecule has 0 spiro atoms. The third-order valence-corrected chi connectivity index (χ3v) is 6.14. The van der Waals surface area contributed by atoms with E-state index in [4.69, 9.17) is 6.42 Å². The summed E-state index contributed by atoms with van der Waals surface area (Å²) in [4.78, 5) is 0. The van der Waals surface area contributed by atoms with Crippen molar-refractivity contribution in [2.45, 2.75) is 39.0 Å². The maximum Gasteiger partial charge on any atom is 0.0252 e. The Kier molecular flexibility index (Phi) is 4.58. The summed E-state index contributed by atoms with van der Waals surface area (Å²) in [5.74, 6) is 9.47. The Bertz CT molecular complexity index is 1140. The van der Waals surface area contributed by atoms with Crippen LogP contribution in [0.4, 0.5) is 0 Å². The minimum atomic E-state index is 0.0130. The fraction of sp³-hybridized carbons (Fsp3) is 0.214. The van der Waals surface area contributed by atoms with Gasteiger partial charge in [-0.05, 0) is 78.4 Å². The van der Waals surface area contributed by atoms with E-state index in [-0.39, 0.29) is 5.41 Å². The standard InChI is InChI=1S/C28H24/c1-5-21-14-16-24-25-17-15-23(13-12-22-10-8-20(4)9-11-22)19-27(25)28(6-2,7-3)26(24)18-21/h1,8-11,14-19H,6-7H2,2-4H3. The van der Waals surface area contributed by atoms with Crippen LogP contribution in [0.15, 0.2) is 60.7 Å². The molecule has 0 unspecified atom stereocenters. The lowest BCUT2D eigenvalue weighted by atomic mass is 9.73. The van der Waals surface area contributed by atoms with E-state index in [1.807, 2.05) is 0 Å². The van der Waals surface area contributed by atoms with Crippen molar-refractivity contribution < 1.29 is 0 Å². The van der Waals surface area contributed by atoms with Gasteiger partial charge in [-0.2, -0.15) is 0 Å². The van der Waals surface area contributed by atoms with Gasteiger partial charge in [0.25, 0.3) is 0 Å². The molecule has 0 atom stereocenters. The summed E-state index contributed by atoms with van der Waals surface area (Å²) in [5, 5.41) is 0. The van der Waals surface area contributed by atoms with E-state index in [2.05, 4.69) is 99.2 Å². The number of rotatable bonds is 2. The summed E-state index contributed by atoms with van der Waals surface area (Å²) in [6.45, 7) is 6.64. The normalized spacial score (nSPS) is 13.1. The average Bonchev–Trinajstić information content (AvgIpc) is 3.02. The van der Waals surface area contributed by atoms with Crippen LogP contribution < -0.4 is 0 Å². The Balaban J connectivity index is 1.82. The summed E-state index contributed by atoms with van der Waals surface area (Å²) in [7, 11) is 0. The highest BCUT2D eigenvalue weighted by atomic mass is 14.4. The van der Waals surface area contributed by atoms with Gasteiger partial charge >= 0.3 is 0 Å². The number of hydrogen-bond donors (Lipinski definition) is 0. The number of terminal acetylenes is 1. The summed E-state index contributed by atoms with van der Waals surface area (Å²) in [6, 6.07) is 21.5. The Morgan fingerprint density at radius 3 is 1.79 bits per heavy atom. The zero-order chi connectivity index (χ0) is 19.7. The van der Waals surface area contributed by atoms with Crippen LogP contribution in [0.3, 0.4) is 0 Å². The Morgan fingerprint density at radius 1 is 0.714 bits per heavy atom. The zero-order valence-corrected chi connectivity index (χ0v) is 16.8. The smallest absolute Gasteiger partial charge is 0.0252 e. The van der Waals surface area contributed by atoms with Crippen LogP contribution in [-0.4, -0.2) is 0 Å². The van der Waals surface area contributed by atoms with Crippen LogP contribution in [0.2, 0.25) is 0 Å². The molecule has 1 aliphatic carbocycles. The van der Waals surface area contributed by atoms with Gasteiger partial charge in [0.2, 0.25) is 0 Å². The molecule has 3 aromatic carbocycles. The molecule has 4 rings (SSSR count). The molecule has 0 radical (unpaired) electrons. The molecule has 3 aromatic rings. The number of hydrogen-bond acceptors (Lipinski definition) is 0. The minimum Gasteiger partial charge on any atom is -0.115 e. The molecule has 0 saturated heterocycles. The molecule has 0 saturated carbocycles. The predicted molar refractivity (Wildman–Crippen MR) is 118 cm³/mol. The zero-order valence-electron chi connectivity index (χ0n) is 16.8. The van der Waals surface area contributed by atoms with Gasteiger partial charge in [-0.1, -0.05) is 61.4 Å². The van der Waals surface area contributed by atoms with Gasteiger partial charge in [0, 0.05) is 22.1 Å². The Labute approximate surface area is 168 Å². The Hall–Kier alpha value is -3.22. The van der Waals surface area contributed by atoms with E-state index >= 15 is 0 Å². The maximum atomic E-state index is 5.68. The molecule has 0 heterocycles. The third-order valence-electron chi connectivity index (χ3n) is 6.14. The minimum absolute atomic E-state index is 0.0130. The van der Waals surface area contributed by atoms with E-state index in [9.17, 15) is 0 Å². The van der Waals surface area contributed by atoms with Gasteiger partial charge in [-0.25, -0.2) is 0 Å². The average molecular weight is 361 g/mol. The van der Waals surface area contributed by atoms with Crippen molar-refractivity contribution in [3.05, 3.63) is 94.0 Å². The summed E-state index contributed by atoms with van der Waals surface area (Å²) < 4.78 is 0. The van der Waals surface area contributed by atoms with Crippen molar-refractivity contribution in [1.29, 1.82) is 0 Å². The van der Waals surface area contributed by atoms with Gasteiger partial charge in [-0.3, -0.25) is 0 Å². The van der Waals surface area contributed by atoms with Crippen molar-refractivity contribution in [3.63, 3.8) is 0 Å². The van der Waals surface area contributed by atoms with E-state index in [0.29, 0.717) is 0 Å². The lowest BCUT2D eigenvalue weighted by molar-refractivity contribution is 0.490. The van der Waals surface area contributed by atoms with Crippen LogP contribution in [0.25, 0.3) is 11.1 Å². The third kappa shape index (κ3) is 2.83. The molecule has 0 heteroatoms. The first-order valence-corrected chi connectivity index (χ1v) is 9.96. The molecular weight excluding hydrogens is 336 g/mol. The van der Waals surface area contributed by atoms with Crippen molar-refractivity contribution in [2.75, 3.05) is 0 Å². The molecule has 136 valence electrons. The first kappa shape index (κ1) is 18.2.